The molecule has 0 saturated heterocycles. The van der Waals surface area contributed by atoms with Crippen LogP contribution in [0.2, 0.25) is 0 Å². The summed E-state index contributed by atoms with van der Waals surface area (Å²) in [7, 11) is 0. The molecule has 1 atom stereocenters. The van der Waals surface area contributed by atoms with Crippen LogP contribution < -0.4 is 0 Å². The molecular weight excluding hydrogens is 127 g/mol. The number of hydrogen-bond donors (Lipinski definition) is 0. The van der Waals surface area contributed by atoms with Crippen LogP contribution in [0.15, 0.2) is 36.0 Å². The van der Waals surface area contributed by atoms with Gasteiger partial charge in [0.25, 0.3) is 0 Å². The molecule has 1 heteroatoms. The van der Waals surface area contributed by atoms with Crippen LogP contribution >= 0.6 is 0 Å². The summed E-state index contributed by atoms with van der Waals surface area (Å²) in [5.41, 5.74) is -0.303. The molecule has 0 aromatic carbocycles. The van der Waals surface area contributed by atoms with Gasteiger partial charge in [0.05, 0.1) is 0 Å². The Balaban J connectivity index is 2.93. The highest BCUT2D eigenvalue weighted by molar-refractivity contribution is 5.31. The van der Waals surface area contributed by atoms with Crippen molar-refractivity contribution < 1.29 is 4.39 Å². The molecule has 0 saturated carbocycles. The molecule has 10 heavy (non-hydrogen) atoms. The fourth-order valence-corrected chi connectivity index (χ4v) is 0.992. The van der Waals surface area contributed by atoms with Crippen molar-refractivity contribution in [2.24, 2.45) is 0 Å². The quantitative estimate of drug-likeness (QED) is 0.483. The first-order valence-electron chi connectivity index (χ1n) is 3.34. The van der Waals surface area contributed by atoms with Gasteiger partial charge in [-0.05, 0) is 26.0 Å². The normalized spacial score (nSPS) is 31.7. The molecule has 0 amide bonds. The average molecular weight is 138 g/mol. The number of halogens is 1. The molecule has 1 unspecified atom stereocenters. The van der Waals surface area contributed by atoms with Crippen molar-refractivity contribution in [3.8, 4) is 0 Å². The number of rotatable bonds is 0. The SMILES string of the molecule is CC1=CC(C)(F)C=CC=C1. The van der Waals surface area contributed by atoms with E-state index in [9.17, 15) is 4.39 Å². The molecule has 1 rings (SSSR count). The topological polar surface area (TPSA) is 0 Å². The molecule has 0 aromatic rings. The summed E-state index contributed by atoms with van der Waals surface area (Å²) >= 11 is 0. The summed E-state index contributed by atoms with van der Waals surface area (Å²) < 4.78 is 13.2. The van der Waals surface area contributed by atoms with E-state index < -0.39 is 5.67 Å². The summed E-state index contributed by atoms with van der Waals surface area (Å²) in [4.78, 5) is 0. The second-order valence-corrected chi connectivity index (χ2v) is 2.76. The van der Waals surface area contributed by atoms with Crippen LogP contribution in [-0.2, 0) is 0 Å². The van der Waals surface area contributed by atoms with Gasteiger partial charge in [0, 0.05) is 0 Å². The predicted octanol–water partition coefficient (Wildman–Crippen LogP) is 2.79. The van der Waals surface area contributed by atoms with Gasteiger partial charge < -0.3 is 0 Å². The zero-order valence-corrected chi connectivity index (χ0v) is 6.26. The lowest BCUT2D eigenvalue weighted by atomic mass is 10.1. The minimum atomic E-state index is -1.27. The summed E-state index contributed by atoms with van der Waals surface area (Å²) in [6.45, 7) is 3.43. The minimum Gasteiger partial charge on any atom is -0.235 e. The third kappa shape index (κ3) is 1.83. The smallest absolute Gasteiger partial charge is 0.145 e. The van der Waals surface area contributed by atoms with Crippen molar-refractivity contribution in [3.63, 3.8) is 0 Å². The standard InChI is InChI=1S/C9H11F/c1-8-5-3-4-6-9(2,10)7-8/h3-7H,1-2H3. The molecule has 0 bridgehead atoms. The Hall–Kier alpha value is -0.850. The van der Waals surface area contributed by atoms with Crippen molar-refractivity contribution in [2.75, 3.05) is 0 Å². The fraction of sp³-hybridized carbons (Fsp3) is 0.333. The van der Waals surface area contributed by atoms with Gasteiger partial charge >= 0.3 is 0 Å². The highest BCUT2D eigenvalue weighted by Crippen LogP contribution is 2.19. The third-order valence-corrected chi connectivity index (χ3v) is 1.40. The van der Waals surface area contributed by atoms with Crippen molar-refractivity contribution in [1.82, 2.24) is 0 Å². The van der Waals surface area contributed by atoms with Gasteiger partial charge in [-0.3, -0.25) is 0 Å². The lowest BCUT2D eigenvalue weighted by Gasteiger charge is -2.08. The maximum atomic E-state index is 13.2. The van der Waals surface area contributed by atoms with E-state index in [1.807, 2.05) is 19.1 Å². The second kappa shape index (κ2) is 2.41. The van der Waals surface area contributed by atoms with E-state index in [0.29, 0.717) is 0 Å². The summed E-state index contributed by atoms with van der Waals surface area (Å²) in [6.07, 6.45) is 8.61. The Morgan fingerprint density at radius 1 is 1.40 bits per heavy atom. The molecule has 0 N–H and O–H groups in total. The molecule has 54 valence electrons. The highest BCUT2D eigenvalue weighted by Gasteiger charge is 2.15. The zero-order chi connectivity index (χ0) is 7.61. The first-order chi connectivity index (χ1) is 4.60. The predicted molar refractivity (Wildman–Crippen MR) is 41.6 cm³/mol. The van der Waals surface area contributed by atoms with Crippen LogP contribution in [0, 0.1) is 0 Å². The van der Waals surface area contributed by atoms with Crippen LogP contribution in [0.4, 0.5) is 4.39 Å². The van der Waals surface area contributed by atoms with Gasteiger partial charge in [-0.1, -0.05) is 23.8 Å². The highest BCUT2D eigenvalue weighted by atomic mass is 19.1. The molecule has 1 aliphatic carbocycles. The molecule has 0 fully saturated rings. The number of allylic oxidation sites excluding steroid dienone is 6. The van der Waals surface area contributed by atoms with E-state index in [4.69, 9.17) is 0 Å². The monoisotopic (exact) mass is 138 g/mol. The zero-order valence-electron chi connectivity index (χ0n) is 6.26. The fourth-order valence-electron chi connectivity index (χ4n) is 0.992. The van der Waals surface area contributed by atoms with Crippen molar-refractivity contribution in [3.05, 3.63) is 36.0 Å². The van der Waals surface area contributed by atoms with E-state index in [-0.39, 0.29) is 0 Å². The Morgan fingerprint density at radius 3 is 2.80 bits per heavy atom. The average Bonchev–Trinajstić information content (AvgIpc) is 1.90. The number of hydrogen-bond acceptors (Lipinski definition) is 0. The van der Waals surface area contributed by atoms with Crippen molar-refractivity contribution >= 4 is 0 Å². The molecule has 0 nitrogen and oxygen atoms in total. The largest absolute Gasteiger partial charge is 0.235 e. The minimum absolute atomic E-state index is 0.968. The van der Waals surface area contributed by atoms with E-state index in [2.05, 4.69) is 0 Å². The van der Waals surface area contributed by atoms with Crippen molar-refractivity contribution in [2.45, 2.75) is 19.5 Å². The van der Waals surface area contributed by atoms with Gasteiger partial charge in [0.1, 0.15) is 5.67 Å². The van der Waals surface area contributed by atoms with Gasteiger partial charge in [-0.15, -0.1) is 0 Å². The van der Waals surface area contributed by atoms with Crippen molar-refractivity contribution in [1.29, 1.82) is 0 Å². The molecule has 1 aliphatic rings. The van der Waals surface area contributed by atoms with E-state index in [1.54, 1.807) is 25.2 Å². The molecular formula is C9H11F. The van der Waals surface area contributed by atoms with E-state index in [1.165, 1.54) is 0 Å². The van der Waals surface area contributed by atoms with Gasteiger partial charge in [0.15, 0.2) is 0 Å². The lowest BCUT2D eigenvalue weighted by Crippen LogP contribution is -2.08. The first-order valence-corrected chi connectivity index (χ1v) is 3.34. The van der Waals surface area contributed by atoms with Crippen LogP contribution in [0.3, 0.4) is 0 Å². The third-order valence-electron chi connectivity index (χ3n) is 1.40. The Bertz CT molecular complexity index is 207. The van der Waals surface area contributed by atoms with E-state index in [0.717, 1.165) is 5.57 Å². The Kier molecular flexibility index (Phi) is 1.75. The Morgan fingerprint density at radius 2 is 2.10 bits per heavy atom. The Labute approximate surface area is 60.7 Å². The lowest BCUT2D eigenvalue weighted by molar-refractivity contribution is 0.327. The molecule has 0 aromatic heterocycles. The maximum absolute atomic E-state index is 13.2. The first kappa shape index (κ1) is 7.26. The summed E-state index contributed by atoms with van der Waals surface area (Å²) in [6, 6.07) is 0. The number of alkyl halides is 1. The molecule has 0 aliphatic heterocycles. The molecule has 0 radical (unpaired) electrons. The van der Waals surface area contributed by atoms with E-state index >= 15 is 0 Å². The van der Waals surface area contributed by atoms with Crippen LogP contribution in [0.1, 0.15) is 13.8 Å². The molecule has 0 spiro atoms. The van der Waals surface area contributed by atoms with Gasteiger partial charge in [-0.2, -0.15) is 0 Å². The summed E-state index contributed by atoms with van der Waals surface area (Å²) in [5.74, 6) is 0. The van der Waals surface area contributed by atoms with Crippen LogP contribution in [-0.4, -0.2) is 5.67 Å². The van der Waals surface area contributed by atoms with Crippen LogP contribution in [0.5, 0.6) is 0 Å². The summed E-state index contributed by atoms with van der Waals surface area (Å²) in [5, 5.41) is 0. The van der Waals surface area contributed by atoms with Crippen LogP contribution in [0.25, 0.3) is 0 Å². The van der Waals surface area contributed by atoms with Gasteiger partial charge in [-0.25, -0.2) is 4.39 Å². The second-order valence-electron chi connectivity index (χ2n) is 2.76. The maximum Gasteiger partial charge on any atom is 0.145 e. The molecule has 0 heterocycles. The van der Waals surface area contributed by atoms with Gasteiger partial charge in [0.2, 0.25) is 0 Å².